The van der Waals surface area contributed by atoms with E-state index in [9.17, 15) is 10.1 Å². The molecule has 1 aliphatic carbocycles. The summed E-state index contributed by atoms with van der Waals surface area (Å²) in [5.41, 5.74) is 2.49. The molecule has 0 bridgehead atoms. The van der Waals surface area contributed by atoms with E-state index in [4.69, 9.17) is 14.2 Å². The fraction of sp³-hybridized carbons (Fsp3) is 0.333. The van der Waals surface area contributed by atoms with E-state index in [1.807, 2.05) is 6.07 Å². The van der Waals surface area contributed by atoms with E-state index < -0.39 is 0 Å². The smallest absolute Gasteiger partial charge is 0.249 e. The quantitative estimate of drug-likeness (QED) is 0.792. The van der Waals surface area contributed by atoms with Crippen LogP contribution in [-0.4, -0.2) is 26.2 Å². The summed E-state index contributed by atoms with van der Waals surface area (Å²) in [6, 6.07) is 5.86. The van der Waals surface area contributed by atoms with Crippen LogP contribution in [0.2, 0.25) is 0 Å². The highest BCUT2D eigenvalue weighted by atomic mass is 32.1. The number of hydrogen-bond acceptors (Lipinski definition) is 6. The number of carbonyl (C=O) groups excluding carboxylic acids is 1. The van der Waals surface area contributed by atoms with Crippen molar-refractivity contribution in [2.45, 2.75) is 25.7 Å². The third kappa shape index (κ3) is 3.56. The van der Waals surface area contributed by atoms with Crippen LogP contribution in [0.25, 0.3) is 6.08 Å². The number of nitrogens with zero attached hydrogens (tertiary/aromatic N) is 1. The topological polar surface area (TPSA) is 80.6 Å². The number of thiophene rings is 1. The number of benzene rings is 1. The molecule has 0 saturated heterocycles. The van der Waals surface area contributed by atoms with Crippen molar-refractivity contribution >= 4 is 28.3 Å². The first kappa shape index (κ1) is 18.4. The monoisotopic (exact) mass is 396 g/mol. The van der Waals surface area contributed by atoms with Gasteiger partial charge < -0.3 is 19.5 Å². The van der Waals surface area contributed by atoms with Crippen molar-refractivity contribution in [1.29, 1.82) is 5.26 Å². The number of amides is 1. The molecule has 0 fully saturated rings. The molecule has 4 rings (SSSR count). The maximum Gasteiger partial charge on any atom is 0.249 e. The third-order valence-electron chi connectivity index (χ3n) is 4.80. The Morgan fingerprint density at radius 2 is 2.11 bits per heavy atom. The molecule has 0 saturated carbocycles. The summed E-state index contributed by atoms with van der Waals surface area (Å²) in [5.74, 6) is 1.47. The summed E-state index contributed by atoms with van der Waals surface area (Å²) >= 11 is 1.52. The summed E-state index contributed by atoms with van der Waals surface area (Å²) < 4.78 is 16.6. The highest BCUT2D eigenvalue weighted by molar-refractivity contribution is 7.16. The van der Waals surface area contributed by atoms with Crippen molar-refractivity contribution in [2.24, 2.45) is 0 Å². The number of ether oxygens (including phenoxy) is 3. The third-order valence-corrected chi connectivity index (χ3v) is 6.00. The van der Waals surface area contributed by atoms with E-state index in [-0.39, 0.29) is 5.91 Å². The van der Waals surface area contributed by atoms with Crippen LogP contribution in [-0.2, 0) is 17.6 Å². The molecule has 2 heterocycles. The van der Waals surface area contributed by atoms with Crippen molar-refractivity contribution in [3.05, 3.63) is 39.8 Å². The van der Waals surface area contributed by atoms with Crippen LogP contribution in [0.15, 0.2) is 18.2 Å². The van der Waals surface area contributed by atoms with Gasteiger partial charge in [-0.05, 0) is 55.0 Å². The standard InChI is InChI=1S/C21H20N2O4S/c1-25-16-10-13(11-17-20(16)27-9-8-26-17)6-7-19(24)23-21-15(12-22)14-4-2-3-5-18(14)28-21/h6-7,10-11H,2-5,8-9H2,1H3,(H,23,24)/b7-6+. The minimum Gasteiger partial charge on any atom is -0.493 e. The molecule has 2 aromatic rings. The van der Waals surface area contributed by atoms with Crippen LogP contribution in [0.1, 0.15) is 34.4 Å². The maximum atomic E-state index is 12.4. The van der Waals surface area contributed by atoms with Gasteiger partial charge in [-0.15, -0.1) is 11.3 Å². The van der Waals surface area contributed by atoms with Crippen LogP contribution >= 0.6 is 11.3 Å². The van der Waals surface area contributed by atoms with Gasteiger partial charge >= 0.3 is 0 Å². The Hall–Kier alpha value is -2.98. The van der Waals surface area contributed by atoms with Gasteiger partial charge in [-0.2, -0.15) is 5.26 Å². The predicted molar refractivity (Wildman–Crippen MR) is 107 cm³/mol. The van der Waals surface area contributed by atoms with Crippen LogP contribution in [0.5, 0.6) is 17.2 Å². The second kappa shape index (κ2) is 7.95. The molecule has 28 heavy (non-hydrogen) atoms. The van der Waals surface area contributed by atoms with E-state index in [0.717, 1.165) is 36.8 Å². The van der Waals surface area contributed by atoms with Gasteiger partial charge in [-0.1, -0.05) is 0 Å². The van der Waals surface area contributed by atoms with Gasteiger partial charge in [-0.25, -0.2) is 0 Å². The summed E-state index contributed by atoms with van der Waals surface area (Å²) in [6.07, 6.45) is 7.27. The van der Waals surface area contributed by atoms with Gasteiger partial charge in [0.25, 0.3) is 0 Å². The van der Waals surface area contributed by atoms with Crippen LogP contribution in [0, 0.1) is 11.3 Å². The molecule has 7 heteroatoms. The molecule has 0 spiro atoms. The molecule has 1 N–H and O–H groups in total. The number of fused-ring (bicyclic) bond motifs is 2. The first-order chi connectivity index (χ1) is 13.7. The van der Waals surface area contributed by atoms with E-state index in [1.165, 1.54) is 22.3 Å². The molecule has 144 valence electrons. The van der Waals surface area contributed by atoms with Crippen LogP contribution in [0.4, 0.5) is 5.00 Å². The summed E-state index contributed by atoms with van der Waals surface area (Å²) in [7, 11) is 1.57. The molecule has 1 aromatic heterocycles. The summed E-state index contributed by atoms with van der Waals surface area (Å²) in [4.78, 5) is 13.6. The average molecular weight is 396 g/mol. The second-order valence-electron chi connectivity index (χ2n) is 6.60. The minimum absolute atomic E-state index is 0.274. The summed E-state index contributed by atoms with van der Waals surface area (Å²) in [5, 5.41) is 13.0. The normalized spacial score (nSPS) is 15.0. The summed E-state index contributed by atoms with van der Waals surface area (Å²) in [6.45, 7) is 0.955. The zero-order valence-electron chi connectivity index (χ0n) is 15.5. The number of hydrogen-bond donors (Lipinski definition) is 1. The van der Waals surface area contributed by atoms with Crippen molar-refractivity contribution < 1.29 is 19.0 Å². The van der Waals surface area contributed by atoms with Crippen LogP contribution in [0.3, 0.4) is 0 Å². The van der Waals surface area contributed by atoms with Crippen molar-refractivity contribution in [2.75, 3.05) is 25.6 Å². The van der Waals surface area contributed by atoms with Gasteiger partial charge in [-0.3, -0.25) is 4.79 Å². The Morgan fingerprint density at radius 1 is 1.29 bits per heavy atom. The molecule has 0 atom stereocenters. The van der Waals surface area contributed by atoms with Gasteiger partial charge in [0.2, 0.25) is 11.7 Å². The highest BCUT2D eigenvalue weighted by Crippen LogP contribution is 2.41. The van der Waals surface area contributed by atoms with Gasteiger partial charge in [0.1, 0.15) is 24.3 Å². The maximum absolute atomic E-state index is 12.4. The van der Waals surface area contributed by atoms with Gasteiger partial charge in [0.05, 0.1) is 12.7 Å². The lowest BCUT2D eigenvalue weighted by molar-refractivity contribution is -0.111. The molecule has 0 radical (unpaired) electrons. The zero-order valence-corrected chi connectivity index (χ0v) is 16.4. The highest BCUT2D eigenvalue weighted by Gasteiger charge is 2.21. The Bertz CT molecular complexity index is 970. The number of nitriles is 1. The van der Waals surface area contributed by atoms with Crippen molar-refractivity contribution in [3.8, 4) is 23.3 Å². The number of methoxy groups -OCH3 is 1. The largest absolute Gasteiger partial charge is 0.493 e. The number of aryl methyl sites for hydroxylation is 1. The van der Waals surface area contributed by atoms with E-state index in [2.05, 4.69) is 11.4 Å². The van der Waals surface area contributed by atoms with E-state index in [1.54, 1.807) is 19.3 Å². The van der Waals surface area contributed by atoms with Gasteiger partial charge in [0.15, 0.2) is 11.5 Å². The number of anilines is 1. The predicted octanol–water partition coefficient (Wildman–Crippen LogP) is 3.93. The first-order valence-corrected chi connectivity index (χ1v) is 10.0. The fourth-order valence-corrected chi connectivity index (χ4v) is 4.73. The van der Waals surface area contributed by atoms with Crippen molar-refractivity contribution in [3.63, 3.8) is 0 Å². The Kier molecular flexibility index (Phi) is 5.22. The number of nitrogens with one attached hydrogen (secondary N) is 1. The molecule has 0 unspecified atom stereocenters. The number of rotatable bonds is 4. The SMILES string of the molecule is COc1cc(/C=C/C(=O)Nc2sc3c(c2C#N)CCCC3)cc2c1OCCO2. The molecule has 2 aliphatic rings. The van der Waals surface area contributed by atoms with Crippen molar-refractivity contribution in [1.82, 2.24) is 0 Å². The molecule has 1 aromatic carbocycles. The number of carbonyl (C=O) groups is 1. The van der Waals surface area contributed by atoms with E-state index >= 15 is 0 Å². The molecule has 1 amide bonds. The Morgan fingerprint density at radius 3 is 2.93 bits per heavy atom. The Labute approximate surface area is 167 Å². The average Bonchev–Trinajstić information content (AvgIpc) is 3.08. The molecule has 6 nitrogen and oxygen atoms in total. The molecule has 1 aliphatic heterocycles. The molecular weight excluding hydrogens is 376 g/mol. The van der Waals surface area contributed by atoms with Gasteiger partial charge in [0, 0.05) is 11.0 Å². The lowest BCUT2D eigenvalue weighted by Gasteiger charge is -2.20. The van der Waals surface area contributed by atoms with E-state index in [0.29, 0.717) is 41.0 Å². The minimum atomic E-state index is -0.274. The fourth-order valence-electron chi connectivity index (χ4n) is 3.49. The lowest BCUT2D eigenvalue weighted by atomic mass is 9.96. The van der Waals surface area contributed by atoms with Crippen LogP contribution < -0.4 is 19.5 Å². The zero-order chi connectivity index (χ0) is 19.5. The second-order valence-corrected chi connectivity index (χ2v) is 7.70. The first-order valence-electron chi connectivity index (χ1n) is 9.21. The molecular formula is C21H20N2O4S. The Balaban J connectivity index is 1.52. The lowest BCUT2D eigenvalue weighted by Crippen LogP contribution is -2.16.